The van der Waals surface area contributed by atoms with E-state index in [0.29, 0.717) is 19.0 Å². The Kier molecular flexibility index (Phi) is 7.52. The van der Waals surface area contributed by atoms with E-state index in [9.17, 15) is 13.2 Å². The summed E-state index contributed by atoms with van der Waals surface area (Å²) in [5.41, 5.74) is -0.183. The Balaban J connectivity index is 0.00000300. The van der Waals surface area contributed by atoms with Crippen molar-refractivity contribution in [2.45, 2.75) is 44.3 Å². The molecule has 1 aliphatic carbocycles. The van der Waals surface area contributed by atoms with E-state index < -0.39 is 11.7 Å². The van der Waals surface area contributed by atoms with Gasteiger partial charge in [-0.25, -0.2) is 0 Å². The standard InChI is InChI=1S/C19H25F3N6.HI/c1-13-26-27-16(28(13)3)11-24-17(23-2)25-12-18(8-5-9-18)14-6-4-7-15(10-14)19(20,21)22;/h4,6-7,10H,5,8-9,11-12H2,1-3H3,(H2,23,24,25);1H. The molecule has 1 fully saturated rings. The molecule has 0 atom stereocenters. The summed E-state index contributed by atoms with van der Waals surface area (Å²) in [5, 5.41) is 14.6. The summed E-state index contributed by atoms with van der Waals surface area (Å²) in [5.74, 6) is 2.17. The first-order valence-electron chi connectivity index (χ1n) is 9.22. The topological polar surface area (TPSA) is 67.1 Å². The van der Waals surface area contributed by atoms with Crippen LogP contribution >= 0.6 is 24.0 Å². The van der Waals surface area contributed by atoms with Crippen molar-refractivity contribution in [2.24, 2.45) is 12.0 Å². The van der Waals surface area contributed by atoms with Gasteiger partial charge in [0, 0.05) is 26.1 Å². The van der Waals surface area contributed by atoms with Gasteiger partial charge >= 0.3 is 6.18 Å². The number of guanidine groups is 1. The van der Waals surface area contributed by atoms with Gasteiger partial charge in [-0.05, 0) is 31.4 Å². The van der Waals surface area contributed by atoms with Crippen LogP contribution in [-0.2, 0) is 25.2 Å². The van der Waals surface area contributed by atoms with Crippen molar-refractivity contribution >= 4 is 29.9 Å². The number of nitrogens with zero attached hydrogens (tertiary/aromatic N) is 4. The summed E-state index contributed by atoms with van der Waals surface area (Å²) in [7, 11) is 3.55. The Morgan fingerprint density at radius 3 is 2.48 bits per heavy atom. The molecule has 1 saturated carbocycles. The largest absolute Gasteiger partial charge is 0.416 e. The molecule has 6 nitrogen and oxygen atoms in total. The summed E-state index contributed by atoms with van der Waals surface area (Å²) in [6.07, 6.45) is -1.63. The zero-order valence-electron chi connectivity index (χ0n) is 16.7. The Hall–Kier alpha value is -1.85. The van der Waals surface area contributed by atoms with E-state index in [-0.39, 0.29) is 29.4 Å². The van der Waals surface area contributed by atoms with Crippen LogP contribution in [-0.4, -0.2) is 34.3 Å². The summed E-state index contributed by atoms with van der Waals surface area (Å²) in [6, 6.07) is 5.67. The monoisotopic (exact) mass is 522 g/mol. The van der Waals surface area contributed by atoms with Crippen molar-refractivity contribution in [3.05, 3.63) is 47.0 Å². The normalized spacial score (nSPS) is 16.0. The van der Waals surface area contributed by atoms with Gasteiger partial charge in [0.1, 0.15) is 5.82 Å². The molecule has 1 heterocycles. The third kappa shape index (κ3) is 5.20. The van der Waals surface area contributed by atoms with E-state index in [1.54, 1.807) is 13.1 Å². The lowest BCUT2D eigenvalue weighted by molar-refractivity contribution is -0.137. The predicted octanol–water partition coefficient (Wildman–Crippen LogP) is 3.55. The van der Waals surface area contributed by atoms with Gasteiger partial charge in [0.15, 0.2) is 11.8 Å². The average Bonchev–Trinajstić information content (AvgIpc) is 2.95. The third-order valence-corrected chi connectivity index (χ3v) is 5.53. The summed E-state index contributed by atoms with van der Waals surface area (Å²) < 4.78 is 41.1. The van der Waals surface area contributed by atoms with Crippen molar-refractivity contribution in [2.75, 3.05) is 13.6 Å². The van der Waals surface area contributed by atoms with Gasteiger partial charge < -0.3 is 15.2 Å². The molecular weight excluding hydrogens is 496 g/mol. The molecule has 10 heteroatoms. The highest BCUT2D eigenvalue weighted by atomic mass is 127. The van der Waals surface area contributed by atoms with Gasteiger partial charge in [0.2, 0.25) is 0 Å². The van der Waals surface area contributed by atoms with Crippen LogP contribution in [0.1, 0.15) is 42.0 Å². The quantitative estimate of drug-likeness (QED) is 0.358. The maximum atomic E-state index is 13.1. The van der Waals surface area contributed by atoms with Gasteiger partial charge in [0.25, 0.3) is 0 Å². The Labute approximate surface area is 185 Å². The molecule has 29 heavy (non-hydrogen) atoms. The number of rotatable bonds is 5. The minimum absolute atomic E-state index is 0. The van der Waals surface area contributed by atoms with E-state index in [2.05, 4.69) is 25.8 Å². The molecule has 2 N–H and O–H groups in total. The fourth-order valence-corrected chi connectivity index (χ4v) is 3.44. The summed E-state index contributed by atoms with van der Waals surface area (Å²) in [4.78, 5) is 4.21. The van der Waals surface area contributed by atoms with Crippen molar-refractivity contribution in [1.29, 1.82) is 0 Å². The first-order valence-corrected chi connectivity index (χ1v) is 9.22. The number of nitrogens with one attached hydrogen (secondary N) is 2. The van der Waals surface area contributed by atoms with Gasteiger partial charge in [-0.2, -0.15) is 13.2 Å². The van der Waals surface area contributed by atoms with Crippen LogP contribution < -0.4 is 10.6 Å². The molecular formula is C19H26F3IN6. The van der Waals surface area contributed by atoms with Crippen LogP contribution in [0.5, 0.6) is 0 Å². The molecule has 0 saturated heterocycles. The smallest absolute Gasteiger partial charge is 0.356 e. The van der Waals surface area contributed by atoms with Gasteiger partial charge in [-0.1, -0.05) is 24.6 Å². The lowest BCUT2D eigenvalue weighted by Gasteiger charge is -2.43. The fraction of sp³-hybridized carbons (Fsp3) is 0.526. The zero-order chi connectivity index (χ0) is 20.4. The van der Waals surface area contributed by atoms with Crippen LogP contribution in [0.25, 0.3) is 0 Å². The zero-order valence-corrected chi connectivity index (χ0v) is 19.0. The number of alkyl halides is 3. The average molecular weight is 522 g/mol. The fourth-order valence-electron chi connectivity index (χ4n) is 3.44. The van der Waals surface area contributed by atoms with Crippen LogP contribution in [0.4, 0.5) is 13.2 Å². The minimum Gasteiger partial charge on any atom is -0.356 e. The van der Waals surface area contributed by atoms with Crippen molar-refractivity contribution < 1.29 is 13.2 Å². The van der Waals surface area contributed by atoms with E-state index in [1.807, 2.05) is 18.5 Å². The maximum absolute atomic E-state index is 13.1. The third-order valence-electron chi connectivity index (χ3n) is 5.53. The molecule has 3 rings (SSSR count). The Morgan fingerprint density at radius 1 is 1.24 bits per heavy atom. The minimum atomic E-state index is -4.33. The summed E-state index contributed by atoms with van der Waals surface area (Å²) in [6.45, 7) is 2.85. The van der Waals surface area contributed by atoms with Crippen LogP contribution in [0.15, 0.2) is 29.3 Å². The Bertz CT molecular complexity index is 858. The molecule has 0 bridgehead atoms. The number of aromatic nitrogens is 3. The molecule has 1 aliphatic rings. The van der Waals surface area contributed by atoms with Crippen LogP contribution in [0.2, 0.25) is 0 Å². The molecule has 0 radical (unpaired) electrons. The predicted molar refractivity (Wildman–Crippen MR) is 116 cm³/mol. The molecule has 160 valence electrons. The van der Waals surface area contributed by atoms with E-state index in [0.717, 1.165) is 42.5 Å². The lowest BCUT2D eigenvalue weighted by Crippen LogP contribution is -2.48. The van der Waals surface area contributed by atoms with E-state index in [1.165, 1.54) is 12.1 Å². The summed E-state index contributed by atoms with van der Waals surface area (Å²) >= 11 is 0. The number of aryl methyl sites for hydroxylation is 1. The molecule has 0 unspecified atom stereocenters. The van der Waals surface area contributed by atoms with E-state index >= 15 is 0 Å². The second kappa shape index (κ2) is 9.31. The first-order chi connectivity index (χ1) is 13.2. The molecule has 0 aliphatic heterocycles. The second-order valence-corrected chi connectivity index (χ2v) is 7.21. The highest BCUT2D eigenvalue weighted by Gasteiger charge is 2.40. The molecule has 0 amide bonds. The molecule has 1 aromatic heterocycles. The van der Waals surface area contributed by atoms with Crippen molar-refractivity contribution in [3.8, 4) is 0 Å². The number of hydrogen-bond acceptors (Lipinski definition) is 3. The van der Waals surface area contributed by atoms with Crippen LogP contribution in [0.3, 0.4) is 0 Å². The maximum Gasteiger partial charge on any atom is 0.416 e. The van der Waals surface area contributed by atoms with E-state index in [4.69, 9.17) is 0 Å². The van der Waals surface area contributed by atoms with Crippen molar-refractivity contribution in [3.63, 3.8) is 0 Å². The Morgan fingerprint density at radius 2 is 1.97 bits per heavy atom. The molecule has 2 aromatic rings. The SMILES string of the molecule is CN=C(NCc1nnc(C)n1C)NCC1(c2cccc(C(F)(F)F)c2)CCC1.I. The number of hydrogen-bond donors (Lipinski definition) is 2. The van der Waals surface area contributed by atoms with Crippen molar-refractivity contribution in [1.82, 2.24) is 25.4 Å². The lowest BCUT2D eigenvalue weighted by atomic mass is 9.64. The number of halogens is 4. The highest BCUT2D eigenvalue weighted by Crippen LogP contribution is 2.44. The number of benzene rings is 1. The van der Waals surface area contributed by atoms with Crippen LogP contribution in [0, 0.1) is 6.92 Å². The number of aliphatic imine (C=N–C) groups is 1. The first kappa shape index (κ1) is 23.4. The molecule has 1 aromatic carbocycles. The highest BCUT2D eigenvalue weighted by molar-refractivity contribution is 14.0. The molecule has 0 spiro atoms. The van der Waals surface area contributed by atoms with Gasteiger partial charge in [-0.3, -0.25) is 4.99 Å². The van der Waals surface area contributed by atoms with Gasteiger partial charge in [0.05, 0.1) is 12.1 Å². The second-order valence-electron chi connectivity index (χ2n) is 7.21. The van der Waals surface area contributed by atoms with Gasteiger partial charge in [-0.15, -0.1) is 34.2 Å².